The van der Waals surface area contributed by atoms with Crippen LogP contribution in [0.2, 0.25) is 0 Å². The number of aliphatic imine (C=N–C) groups is 1. The number of guanidine groups is 1. The molecule has 0 aliphatic rings. The second-order valence-electron chi connectivity index (χ2n) is 5.49. The van der Waals surface area contributed by atoms with Crippen molar-refractivity contribution in [3.63, 3.8) is 0 Å². The van der Waals surface area contributed by atoms with Crippen molar-refractivity contribution in [2.24, 2.45) is 4.99 Å². The molecule has 0 aliphatic carbocycles. The van der Waals surface area contributed by atoms with Crippen molar-refractivity contribution in [1.29, 1.82) is 0 Å². The van der Waals surface area contributed by atoms with Crippen LogP contribution in [0, 0.1) is 0 Å². The number of alkyl halides is 2. The van der Waals surface area contributed by atoms with Crippen LogP contribution in [0.5, 0.6) is 17.2 Å². The lowest BCUT2D eigenvalue weighted by Gasteiger charge is -2.14. The van der Waals surface area contributed by atoms with Gasteiger partial charge >= 0.3 is 6.61 Å². The van der Waals surface area contributed by atoms with E-state index in [1.807, 2.05) is 24.3 Å². The molecule has 0 atom stereocenters. The Balaban J connectivity index is 1.92. The molecule has 0 radical (unpaired) electrons. The molecular formula is C19H23F2N3O3. The molecular weight excluding hydrogens is 356 g/mol. The van der Waals surface area contributed by atoms with Crippen LogP contribution >= 0.6 is 0 Å². The normalized spacial score (nSPS) is 11.3. The van der Waals surface area contributed by atoms with Gasteiger partial charge in [-0.3, -0.25) is 4.99 Å². The predicted molar refractivity (Wildman–Crippen MR) is 99.7 cm³/mol. The minimum Gasteiger partial charge on any atom is -0.497 e. The quantitative estimate of drug-likeness (QED) is 0.545. The molecule has 0 bridgehead atoms. The maximum atomic E-state index is 12.5. The number of nitrogens with one attached hydrogen (secondary N) is 2. The molecule has 0 aliphatic heterocycles. The Morgan fingerprint density at radius 1 is 0.926 bits per heavy atom. The SMILES string of the molecule is CN=C(NCc1ccc(OC)cc1)NCc1ccc(OC)c(OC(F)F)c1. The fraction of sp³-hybridized carbons (Fsp3) is 0.316. The molecule has 0 amide bonds. The van der Waals surface area contributed by atoms with E-state index in [9.17, 15) is 8.78 Å². The van der Waals surface area contributed by atoms with E-state index < -0.39 is 6.61 Å². The average molecular weight is 379 g/mol. The van der Waals surface area contributed by atoms with E-state index in [4.69, 9.17) is 9.47 Å². The summed E-state index contributed by atoms with van der Waals surface area (Å²) >= 11 is 0. The second-order valence-corrected chi connectivity index (χ2v) is 5.49. The lowest BCUT2D eigenvalue weighted by Crippen LogP contribution is -2.36. The summed E-state index contributed by atoms with van der Waals surface area (Å²) in [5.74, 6) is 1.62. The zero-order valence-electron chi connectivity index (χ0n) is 15.5. The van der Waals surface area contributed by atoms with Crippen molar-refractivity contribution >= 4 is 5.96 Å². The summed E-state index contributed by atoms with van der Waals surface area (Å²) in [4.78, 5) is 4.15. The van der Waals surface area contributed by atoms with Crippen LogP contribution < -0.4 is 24.8 Å². The van der Waals surface area contributed by atoms with Crippen LogP contribution in [0.25, 0.3) is 0 Å². The van der Waals surface area contributed by atoms with Crippen LogP contribution in [-0.4, -0.2) is 33.8 Å². The number of hydrogen-bond acceptors (Lipinski definition) is 4. The van der Waals surface area contributed by atoms with Gasteiger partial charge < -0.3 is 24.8 Å². The molecule has 27 heavy (non-hydrogen) atoms. The summed E-state index contributed by atoms with van der Waals surface area (Å²) in [6, 6.07) is 12.5. The third kappa shape index (κ3) is 6.32. The van der Waals surface area contributed by atoms with E-state index in [2.05, 4.69) is 20.4 Å². The van der Waals surface area contributed by atoms with E-state index >= 15 is 0 Å². The number of halogens is 2. The van der Waals surface area contributed by atoms with Crippen molar-refractivity contribution in [3.05, 3.63) is 53.6 Å². The van der Waals surface area contributed by atoms with E-state index in [0.717, 1.165) is 16.9 Å². The highest BCUT2D eigenvalue weighted by Crippen LogP contribution is 2.29. The Kier molecular flexibility index (Phi) is 7.66. The molecule has 0 fully saturated rings. The van der Waals surface area contributed by atoms with Gasteiger partial charge in [-0.25, -0.2) is 0 Å². The Bertz CT molecular complexity index is 752. The third-order valence-electron chi connectivity index (χ3n) is 3.75. The Morgan fingerprint density at radius 3 is 2.11 bits per heavy atom. The Labute approximate surface area is 157 Å². The standard InChI is InChI=1S/C19H23F2N3O3/c1-22-19(23-11-13-4-7-15(25-2)8-5-13)24-12-14-6-9-16(26-3)17(10-14)27-18(20)21/h4-10,18H,11-12H2,1-3H3,(H2,22,23,24). The lowest BCUT2D eigenvalue weighted by molar-refractivity contribution is -0.0512. The topological polar surface area (TPSA) is 64.1 Å². The van der Waals surface area contributed by atoms with Gasteiger partial charge in [-0.15, -0.1) is 0 Å². The lowest BCUT2D eigenvalue weighted by atomic mass is 10.2. The van der Waals surface area contributed by atoms with Crippen LogP contribution in [0.15, 0.2) is 47.5 Å². The molecule has 2 rings (SSSR count). The molecule has 0 saturated heterocycles. The van der Waals surface area contributed by atoms with Gasteiger partial charge in [0.25, 0.3) is 0 Å². The molecule has 0 aromatic heterocycles. The Morgan fingerprint density at radius 2 is 1.56 bits per heavy atom. The van der Waals surface area contributed by atoms with Crippen LogP contribution in [0.4, 0.5) is 8.78 Å². The van der Waals surface area contributed by atoms with E-state index in [1.165, 1.54) is 13.2 Å². The summed E-state index contributed by atoms with van der Waals surface area (Å²) < 4.78 is 39.7. The van der Waals surface area contributed by atoms with E-state index in [1.54, 1.807) is 26.3 Å². The molecule has 0 saturated carbocycles. The van der Waals surface area contributed by atoms with E-state index in [-0.39, 0.29) is 11.5 Å². The summed E-state index contributed by atoms with van der Waals surface area (Å²) in [6.07, 6.45) is 0. The molecule has 6 nitrogen and oxygen atoms in total. The summed E-state index contributed by atoms with van der Waals surface area (Å²) in [5.41, 5.74) is 1.81. The molecule has 0 spiro atoms. The zero-order valence-corrected chi connectivity index (χ0v) is 15.5. The van der Waals surface area contributed by atoms with Crippen LogP contribution in [0.1, 0.15) is 11.1 Å². The number of methoxy groups -OCH3 is 2. The molecule has 0 heterocycles. The second kappa shape index (κ2) is 10.2. The average Bonchev–Trinajstić information content (AvgIpc) is 2.68. The third-order valence-corrected chi connectivity index (χ3v) is 3.75. The van der Waals surface area contributed by atoms with Gasteiger partial charge in [0.1, 0.15) is 5.75 Å². The van der Waals surface area contributed by atoms with Gasteiger partial charge in [-0.2, -0.15) is 8.78 Å². The van der Waals surface area contributed by atoms with Gasteiger partial charge in [0.15, 0.2) is 17.5 Å². The smallest absolute Gasteiger partial charge is 0.387 e. The van der Waals surface area contributed by atoms with Crippen LogP contribution in [0.3, 0.4) is 0 Å². The van der Waals surface area contributed by atoms with Gasteiger partial charge in [0.2, 0.25) is 0 Å². The minimum absolute atomic E-state index is 0.00650. The molecule has 146 valence electrons. The molecule has 2 aromatic carbocycles. The van der Waals surface area contributed by atoms with Crippen LogP contribution in [-0.2, 0) is 13.1 Å². The van der Waals surface area contributed by atoms with Crippen molar-refractivity contribution in [3.8, 4) is 17.2 Å². The van der Waals surface area contributed by atoms with Gasteiger partial charge in [0, 0.05) is 20.1 Å². The first-order valence-corrected chi connectivity index (χ1v) is 8.25. The Hall–Kier alpha value is -3.03. The molecule has 2 N–H and O–H groups in total. The van der Waals surface area contributed by atoms with Gasteiger partial charge in [0.05, 0.1) is 14.2 Å². The first kappa shape index (κ1) is 20.3. The fourth-order valence-corrected chi connectivity index (χ4v) is 2.35. The van der Waals surface area contributed by atoms with E-state index in [0.29, 0.717) is 19.0 Å². The fourth-order valence-electron chi connectivity index (χ4n) is 2.35. The van der Waals surface area contributed by atoms with Gasteiger partial charge in [-0.1, -0.05) is 18.2 Å². The molecule has 0 unspecified atom stereocenters. The predicted octanol–water partition coefficient (Wildman–Crippen LogP) is 3.17. The first-order valence-electron chi connectivity index (χ1n) is 8.25. The number of nitrogens with zero attached hydrogens (tertiary/aromatic N) is 1. The highest BCUT2D eigenvalue weighted by atomic mass is 19.3. The summed E-state index contributed by atoms with van der Waals surface area (Å²) in [5, 5.41) is 6.31. The van der Waals surface area contributed by atoms with Crippen molar-refractivity contribution in [2.75, 3.05) is 21.3 Å². The molecule has 2 aromatic rings. The summed E-state index contributed by atoms with van der Waals surface area (Å²) in [6.45, 7) is -1.96. The number of rotatable bonds is 8. The number of ether oxygens (including phenoxy) is 3. The monoisotopic (exact) mass is 379 g/mol. The zero-order chi connectivity index (χ0) is 19.6. The highest BCUT2D eigenvalue weighted by Gasteiger charge is 2.11. The largest absolute Gasteiger partial charge is 0.497 e. The van der Waals surface area contributed by atoms with Crippen molar-refractivity contribution < 1.29 is 23.0 Å². The first-order chi connectivity index (χ1) is 13.0. The highest BCUT2D eigenvalue weighted by molar-refractivity contribution is 5.79. The van der Waals surface area contributed by atoms with Crippen molar-refractivity contribution in [1.82, 2.24) is 10.6 Å². The minimum atomic E-state index is -2.92. The van der Waals surface area contributed by atoms with Crippen molar-refractivity contribution in [2.45, 2.75) is 19.7 Å². The molecule has 8 heteroatoms. The maximum absolute atomic E-state index is 12.5. The number of benzene rings is 2. The number of hydrogen-bond donors (Lipinski definition) is 2. The van der Waals surface area contributed by atoms with Gasteiger partial charge in [-0.05, 0) is 35.4 Å². The summed E-state index contributed by atoms with van der Waals surface area (Å²) in [7, 11) is 4.68. The maximum Gasteiger partial charge on any atom is 0.387 e.